The Balaban J connectivity index is 1.54. The van der Waals surface area contributed by atoms with Crippen LogP contribution in [0.5, 0.6) is 0 Å². The van der Waals surface area contributed by atoms with Crippen LogP contribution < -0.4 is 27.0 Å². The molecule has 1 amide bonds. The standard InChI is InChI=1S/C25H35N9O4/c26-9-14-37-16-17-38-15-12-28-22(36)19-5-7-20(8-6-19)31-25-33-23(29-11-3-13-35)32-24(34-25)30-18-21-4-1-2-10-27-21/h1-2,4-8,10,35H,3,9,11-18,26H2,(H,28,36)(H3,29,30,31,32,33,34). The molecule has 7 N–H and O–H groups in total. The number of carbonyl (C=O) groups is 1. The highest BCUT2D eigenvalue weighted by molar-refractivity contribution is 5.94. The van der Waals surface area contributed by atoms with Crippen molar-refractivity contribution < 1.29 is 19.4 Å². The van der Waals surface area contributed by atoms with E-state index in [-0.39, 0.29) is 12.5 Å². The lowest BCUT2D eigenvalue weighted by Gasteiger charge is -2.11. The van der Waals surface area contributed by atoms with Crippen LogP contribution in [-0.4, -0.2) is 83.6 Å². The Morgan fingerprint density at radius 1 is 0.868 bits per heavy atom. The second-order valence-corrected chi connectivity index (χ2v) is 7.96. The topological polar surface area (TPSA) is 181 Å². The van der Waals surface area contributed by atoms with Gasteiger partial charge >= 0.3 is 0 Å². The molecule has 0 saturated heterocycles. The summed E-state index contributed by atoms with van der Waals surface area (Å²) in [7, 11) is 0. The van der Waals surface area contributed by atoms with Crippen LogP contribution in [0.2, 0.25) is 0 Å². The third kappa shape index (κ3) is 10.6. The maximum Gasteiger partial charge on any atom is 0.251 e. The number of nitrogens with one attached hydrogen (secondary N) is 4. The molecule has 0 unspecified atom stereocenters. The zero-order valence-corrected chi connectivity index (χ0v) is 21.2. The number of nitrogens with two attached hydrogens (primary N) is 1. The summed E-state index contributed by atoms with van der Waals surface area (Å²) in [4.78, 5) is 29.9. The number of nitrogens with zero attached hydrogens (tertiary/aromatic N) is 4. The summed E-state index contributed by atoms with van der Waals surface area (Å²) >= 11 is 0. The summed E-state index contributed by atoms with van der Waals surface area (Å²) in [5.41, 5.74) is 7.41. The van der Waals surface area contributed by atoms with Gasteiger partial charge in [0.05, 0.1) is 38.7 Å². The molecule has 0 radical (unpaired) electrons. The van der Waals surface area contributed by atoms with Crippen molar-refractivity contribution in [2.24, 2.45) is 5.73 Å². The van der Waals surface area contributed by atoms with Gasteiger partial charge in [-0.3, -0.25) is 9.78 Å². The molecule has 38 heavy (non-hydrogen) atoms. The van der Waals surface area contributed by atoms with Crippen LogP contribution in [0.1, 0.15) is 22.5 Å². The Bertz CT molecular complexity index is 1090. The number of amides is 1. The van der Waals surface area contributed by atoms with Crippen LogP contribution in [0.3, 0.4) is 0 Å². The van der Waals surface area contributed by atoms with Gasteiger partial charge in [-0.25, -0.2) is 0 Å². The quantitative estimate of drug-likeness (QED) is 0.130. The van der Waals surface area contributed by atoms with Crippen LogP contribution in [-0.2, 0) is 16.0 Å². The van der Waals surface area contributed by atoms with E-state index in [1.807, 2.05) is 18.2 Å². The van der Waals surface area contributed by atoms with Crippen molar-refractivity contribution in [2.75, 3.05) is 68.6 Å². The molecule has 13 nitrogen and oxygen atoms in total. The zero-order valence-electron chi connectivity index (χ0n) is 21.2. The van der Waals surface area contributed by atoms with Crippen LogP contribution in [0.25, 0.3) is 0 Å². The summed E-state index contributed by atoms with van der Waals surface area (Å²) in [6, 6.07) is 12.6. The predicted molar refractivity (Wildman–Crippen MR) is 144 cm³/mol. The van der Waals surface area contributed by atoms with Crippen molar-refractivity contribution in [2.45, 2.75) is 13.0 Å². The second-order valence-electron chi connectivity index (χ2n) is 7.96. The first-order valence-electron chi connectivity index (χ1n) is 12.4. The Kier molecular flexibility index (Phi) is 12.6. The number of hydrogen-bond acceptors (Lipinski definition) is 12. The number of anilines is 4. The Morgan fingerprint density at radius 2 is 1.61 bits per heavy atom. The fourth-order valence-corrected chi connectivity index (χ4v) is 3.12. The fourth-order valence-electron chi connectivity index (χ4n) is 3.12. The molecule has 0 aliphatic rings. The van der Waals surface area contributed by atoms with Gasteiger partial charge in [0.15, 0.2) is 0 Å². The molecule has 3 rings (SSSR count). The van der Waals surface area contributed by atoms with Gasteiger partial charge in [0.25, 0.3) is 5.91 Å². The lowest BCUT2D eigenvalue weighted by molar-refractivity contribution is 0.0511. The van der Waals surface area contributed by atoms with E-state index < -0.39 is 0 Å². The number of aliphatic hydroxyl groups excluding tert-OH is 1. The smallest absolute Gasteiger partial charge is 0.251 e. The summed E-state index contributed by atoms with van der Waals surface area (Å²) in [6.07, 6.45) is 2.28. The minimum absolute atomic E-state index is 0.0606. The van der Waals surface area contributed by atoms with Gasteiger partial charge in [0.2, 0.25) is 17.8 Å². The summed E-state index contributed by atoms with van der Waals surface area (Å²) in [5, 5.41) is 21.3. The highest BCUT2D eigenvalue weighted by Crippen LogP contribution is 2.17. The van der Waals surface area contributed by atoms with E-state index in [0.29, 0.717) is 88.1 Å². The van der Waals surface area contributed by atoms with E-state index in [2.05, 4.69) is 41.2 Å². The van der Waals surface area contributed by atoms with Crippen molar-refractivity contribution >= 4 is 29.4 Å². The number of aromatic nitrogens is 4. The number of ether oxygens (including phenoxy) is 2. The fraction of sp³-hybridized carbons (Fsp3) is 0.400. The molecule has 0 atom stereocenters. The molecule has 1 aromatic carbocycles. The van der Waals surface area contributed by atoms with Crippen molar-refractivity contribution in [3.05, 3.63) is 59.9 Å². The van der Waals surface area contributed by atoms with Crippen LogP contribution >= 0.6 is 0 Å². The third-order valence-electron chi connectivity index (χ3n) is 4.98. The largest absolute Gasteiger partial charge is 0.396 e. The van der Waals surface area contributed by atoms with E-state index in [4.69, 9.17) is 20.3 Å². The first-order chi connectivity index (χ1) is 18.7. The van der Waals surface area contributed by atoms with Crippen molar-refractivity contribution in [1.29, 1.82) is 0 Å². The van der Waals surface area contributed by atoms with Crippen LogP contribution in [0.4, 0.5) is 23.5 Å². The first kappa shape index (κ1) is 28.7. The highest BCUT2D eigenvalue weighted by atomic mass is 16.5. The highest BCUT2D eigenvalue weighted by Gasteiger charge is 2.09. The van der Waals surface area contributed by atoms with Crippen molar-refractivity contribution in [1.82, 2.24) is 25.3 Å². The number of benzene rings is 1. The molecule has 0 bridgehead atoms. The molecule has 0 spiro atoms. The van der Waals surface area contributed by atoms with Gasteiger partial charge in [-0.15, -0.1) is 0 Å². The third-order valence-corrected chi connectivity index (χ3v) is 4.98. The van der Waals surface area contributed by atoms with Crippen molar-refractivity contribution in [3.63, 3.8) is 0 Å². The number of rotatable bonds is 18. The predicted octanol–water partition coefficient (Wildman–Crippen LogP) is 1.14. The molecule has 2 heterocycles. The van der Waals surface area contributed by atoms with Crippen molar-refractivity contribution in [3.8, 4) is 0 Å². The van der Waals surface area contributed by atoms with Crippen LogP contribution in [0.15, 0.2) is 48.7 Å². The normalized spacial score (nSPS) is 10.7. The molecular weight excluding hydrogens is 490 g/mol. The lowest BCUT2D eigenvalue weighted by atomic mass is 10.2. The average molecular weight is 526 g/mol. The Labute approximate surface area is 221 Å². The second kappa shape index (κ2) is 16.8. The minimum Gasteiger partial charge on any atom is -0.396 e. The molecule has 13 heteroatoms. The van der Waals surface area contributed by atoms with Gasteiger partial charge in [-0.05, 0) is 42.8 Å². The van der Waals surface area contributed by atoms with Gasteiger partial charge in [0.1, 0.15) is 0 Å². The maximum atomic E-state index is 12.4. The molecule has 204 valence electrons. The van der Waals surface area contributed by atoms with Gasteiger partial charge < -0.3 is 41.6 Å². The molecule has 3 aromatic rings. The maximum absolute atomic E-state index is 12.4. The van der Waals surface area contributed by atoms with E-state index in [9.17, 15) is 4.79 Å². The number of pyridine rings is 1. The van der Waals surface area contributed by atoms with E-state index >= 15 is 0 Å². The monoisotopic (exact) mass is 525 g/mol. The molecule has 0 saturated carbocycles. The van der Waals surface area contributed by atoms with Gasteiger partial charge in [0, 0.05) is 43.7 Å². The Hall–Kier alpha value is -3.91. The average Bonchev–Trinajstić information content (AvgIpc) is 2.94. The number of aliphatic hydroxyl groups is 1. The minimum atomic E-state index is -0.198. The van der Waals surface area contributed by atoms with E-state index in [0.717, 1.165) is 5.69 Å². The molecule has 0 aliphatic heterocycles. The van der Waals surface area contributed by atoms with E-state index in [1.165, 1.54) is 0 Å². The van der Waals surface area contributed by atoms with Crippen LogP contribution in [0, 0.1) is 0 Å². The first-order valence-corrected chi connectivity index (χ1v) is 12.4. The molecule has 0 fully saturated rings. The Morgan fingerprint density at radius 3 is 2.32 bits per heavy atom. The summed E-state index contributed by atoms with van der Waals surface area (Å²) in [5.74, 6) is 0.850. The van der Waals surface area contributed by atoms with E-state index in [1.54, 1.807) is 30.5 Å². The van der Waals surface area contributed by atoms with Gasteiger partial charge in [-0.1, -0.05) is 6.07 Å². The number of carbonyl (C=O) groups excluding carboxylic acids is 1. The van der Waals surface area contributed by atoms with Gasteiger partial charge in [-0.2, -0.15) is 15.0 Å². The summed E-state index contributed by atoms with van der Waals surface area (Å²) in [6.45, 7) is 3.70. The SMILES string of the molecule is NCCOCCOCCNC(=O)c1ccc(Nc2nc(NCCCO)nc(NCc3ccccn3)n2)cc1. The number of hydrogen-bond donors (Lipinski definition) is 6. The molecule has 0 aliphatic carbocycles. The zero-order chi connectivity index (χ0) is 26.8. The lowest BCUT2D eigenvalue weighted by Crippen LogP contribution is -2.27. The molecule has 2 aromatic heterocycles. The molecular formula is C25H35N9O4. The summed E-state index contributed by atoms with van der Waals surface area (Å²) < 4.78 is 10.6.